The molecule has 0 unspecified atom stereocenters. The summed E-state index contributed by atoms with van der Waals surface area (Å²) in [6, 6.07) is 6.88. The molecule has 0 heterocycles. The summed E-state index contributed by atoms with van der Waals surface area (Å²) in [5, 5.41) is 2.50. The largest absolute Gasteiger partial charge is 0.497 e. The average Bonchev–Trinajstić information content (AvgIpc) is 2.44. The van der Waals surface area contributed by atoms with Gasteiger partial charge in [0.15, 0.2) is 0 Å². The molecule has 128 valence electrons. The number of primary amides is 1. The first-order valence-electron chi connectivity index (χ1n) is 7.21. The summed E-state index contributed by atoms with van der Waals surface area (Å²) in [5.41, 5.74) is 5.80. The van der Waals surface area contributed by atoms with Crippen molar-refractivity contribution < 1.29 is 19.1 Å². The summed E-state index contributed by atoms with van der Waals surface area (Å²) in [4.78, 5) is 23.2. The molecule has 0 aliphatic carbocycles. The monoisotopic (exact) mass is 340 g/mol. The average molecular weight is 340 g/mol. The number of amides is 2. The van der Waals surface area contributed by atoms with Crippen LogP contribution in [0.15, 0.2) is 24.3 Å². The zero-order chi connectivity index (χ0) is 17.5. The molecule has 23 heavy (non-hydrogen) atoms. The Balaban J connectivity index is 2.46. The maximum atomic E-state index is 11.7. The number of carbonyl (C=O) groups is 2. The van der Waals surface area contributed by atoms with Crippen molar-refractivity contribution in [3.05, 3.63) is 29.8 Å². The van der Waals surface area contributed by atoms with Gasteiger partial charge >= 0.3 is 6.09 Å². The summed E-state index contributed by atoms with van der Waals surface area (Å²) in [7, 11) is 1.61. The molecule has 1 aromatic carbocycles. The molecule has 6 nitrogen and oxygen atoms in total. The van der Waals surface area contributed by atoms with Gasteiger partial charge in [-0.3, -0.25) is 4.79 Å². The number of thioether (sulfide) groups is 1. The minimum absolute atomic E-state index is 0.376. The highest BCUT2D eigenvalue weighted by Crippen LogP contribution is 2.17. The normalized spacial score (nSPS) is 12.3. The molecule has 1 aromatic rings. The molecule has 0 fully saturated rings. The number of hydrogen-bond donors (Lipinski definition) is 2. The Hall–Kier alpha value is -1.89. The summed E-state index contributed by atoms with van der Waals surface area (Å²) < 4.78 is 10.2. The third-order valence-corrected chi connectivity index (χ3v) is 3.85. The van der Waals surface area contributed by atoms with Crippen molar-refractivity contribution in [1.82, 2.24) is 5.32 Å². The lowest BCUT2D eigenvalue weighted by Gasteiger charge is -2.22. The maximum Gasteiger partial charge on any atom is 0.408 e. The van der Waals surface area contributed by atoms with Gasteiger partial charge in [0.1, 0.15) is 17.4 Å². The van der Waals surface area contributed by atoms with Crippen molar-refractivity contribution in [2.24, 2.45) is 5.73 Å². The molecular weight excluding hydrogens is 316 g/mol. The predicted molar refractivity (Wildman–Crippen MR) is 91.5 cm³/mol. The molecule has 7 heteroatoms. The minimum atomic E-state index is -0.770. The number of benzene rings is 1. The van der Waals surface area contributed by atoms with E-state index in [1.807, 2.05) is 24.3 Å². The van der Waals surface area contributed by atoms with Crippen LogP contribution in [0.1, 0.15) is 26.3 Å². The molecule has 1 rings (SSSR count). The molecule has 2 amide bonds. The topological polar surface area (TPSA) is 90.7 Å². The van der Waals surface area contributed by atoms with Crippen LogP contribution in [0.3, 0.4) is 0 Å². The maximum absolute atomic E-state index is 11.7. The summed E-state index contributed by atoms with van der Waals surface area (Å²) in [6.45, 7) is 5.26. The van der Waals surface area contributed by atoms with E-state index in [0.717, 1.165) is 11.3 Å². The van der Waals surface area contributed by atoms with Crippen LogP contribution in [0.25, 0.3) is 0 Å². The van der Waals surface area contributed by atoms with E-state index >= 15 is 0 Å². The Morgan fingerprint density at radius 2 is 1.87 bits per heavy atom. The molecule has 0 radical (unpaired) electrons. The van der Waals surface area contributed by atoms with Crippen LogP contribution >= 0.6 is 11.8 Å². The van der Waals surface area contributed by atoms with Crippen LogP contribution in [-0.4, -0.2) is 36.5 Å². The van der Waals surface area contributed by atoms with E-state index in [4.69, 9.17) is 15.2 Å². The van der Waals surface area contributed by atoms with E-state index in [-0.39, 0.29) is 0 Å². The van der Waals surface area contributed by atoms with Crippen LogP contribution in [0.2, 0.25) is 0 Å². The number of nitrogens with two attached hydrogens (primary N) is 1. The highest BCUT2D eigenvalue weighted by atomic mass is 32.2. The van der Waals surface area contributed by atoms with Crippen LogP contribution in [-0.2, 0) is 15.3 Å². The van der Waals surface area contributed by atoms with Crippen LogP contribution < -0.4 is 15.8 Å². The summed E-state index contributed by atoms with van der Waals surface area (Å²) >= 11 is 1.50. The van der Waals surface area contributed by atoms with Gasteiger partial charge in [-0.15, -0.1) is 0 Å². The highest BCUT2D eigenvalue weighted by Gasteiger charge is 2.22. The molecule has 0 spiro atoms. The fourth-order valence-corrected chi connectivity index (χ4v) is 2.69. The van der Waals surface area contributed by atoms with Gasteiger partial charge in [0.2, 0.25) is 5.91 Å². The molecule has 0 saturated heterocycles. The second kappa shape index (κ2) is 8.67. The SMILES string of the molecule is COc1ccc(CSC[C@@H](NC(=O)OC(C)(C)C)C(N)=O)cc1. The Morgan fingerprint density at radius 3 is 2.35 bits per heavy atom. The number of methoxy groups -OCH3 is 1. The second-order valence-corrected chi connectivity index (χ2v) is 6.99. The third-order valence-electron chi connectivity index (χ3n) is 2.75. The molecule has 1 atom stereocenters. The van der Waals surface area contributed by atoms with Crippen molar-refractivity contribution in [2.75, 3.05) is 12.9 Å². The summed E-state index contributed by atoms with van der Waals surface area (Å²) in [5.74, 6) is 1.28. The quantitative estimate of drug-likeness (QED) is 0.795. The molecule has 0 aliphatic rings. The first kappa shape index (κ1) is 19.2. The van der Waals surface area contributed by atoms with Crippen LogP contribution in [0.4, 0.5) is 4.79 Å². The van der Waals surface area contributed by atoms with Gasteiger partial charge in [-0.25, -0.2) is 4.79 Å². The lowest BCUT2D eigenvalue weighted by molar-refractivity contribution is -0.119. The lowest BCUT2D eigenvalue weighted by Crippen LogP contribution is -2.47. The number of nitrogens with one attached hydrogen (secondary N) is 1. The first-order valence-corrected chi connectivity index (χ1v) is 8.36. The summed E-state index contributed by atoms with van der Waals surface area (Å²) in [6.07, 6.45) is -0.647. The number of rotatable bonds is 7. The van der Waals surface area contributed by atoms with E-state index in [1.165, 1.54) is 11.8 Å². The zero-order valence-electron chi connectivity index (χ0n) is 13.9. The van der Waals surface area contributed by atoms with Crippen LogP contribution in [0.5, 0.6) is 5.75 Å². The van der Waals surface area contributed by atoms with Gasteiger partial charge in [-0.1, -0.05) is 12.1 Å². The number of carbonyl (C=O) groups excluding carboxylic acids is 2. The molecule has 3 N–H and O–H groups in total. The Bertz CT molecular complexity index is 526. The van der Waals surface area contributed by atoms with E-state index in [9.17, 15) is 9.59 Å². The van der Waals surface area contributed by atoms with Gasteiger partial charge in [-0.2, -0.15) is 11.8 Å². The van der Waals surface area contributed by atoms with E-state index in [1.54, 1.807) is 27.9 Å². The second-order valence-electron chi connectivity index (χ2n) is 5.96. The number of alkyl carbamates (subject to hydrolysis) is 1. The molecule has 0 aromatic heterocycles. The van der Waals surface area contributed by atoms with Crippen molar-refractivity contribution in [3.63, 3.8) is 0 Å². The van der Waals surface area contributed by atoms with Crippen molar-refractivity contribution in [1.29, 1.82) is 0 Å². The number of ether oxygens (including phenoxy) is 2. The van der Waals surface area contributed by atoms with Gasteiger partial charge in [0.05, 0.1) is 7.11 Å². The Labute approximate surface area is 141 Å². The standard InChI is InChI=1S/C16H24N2O4S/c1-16(2,3)22-15(20)18-13(14(17)19)10-23-9-11-5-7-12(21-4)8-6-11/h5-8,13H,9-10H2,1-4H3,(H2,17,19)(H,18,20)/t13-/m1/s1. The van der Waals surface area contributed by atoms with Gasteiger partial charge in [-0.05, 0) is 38.5 Å². The van der Waals surface area contributed by atoms with Gasteiger partial charge in [0, 0.05) is 11.5 Å². The minimum Gasteiger partial charge on any atom is -0.497 e. The van der Waals surface area contributed by atoms with E-state index in [0.29, 0.717) is 11.5 Å². The third kappa shape index (κ3) is 7.78. The smallest absolute Gasteiger partial charge is 0.408 e. The Kier molecular flexibility index (Phi) is 7.22. The van der Waals surface area contributed by atoms with Gasteiger partial charge < -0.3 is 20.5 Å². The molecule has 0 aliphatic heterocycles. The van der Waals surface area contributed by atoms with Crippen molar-refractivity contribution >= 4 is 23.8 Å². The van der Waals surface area contributed by atoms with Crippen molar-refractivity contribution in [3.8, 4) is 5.75 Å². The first-order chi connectivity index (χ1) is 10.7. The predicted octanol–water partition coefficient (Wildman–Crippen LogP) is 2.31. The molecule has 0 saturated carbocycles. The van der Waals surface area contributed by atoms with Gasteiger partial charge in [0.25, 0.3) is 0 Å². The zero-order valence-corrected chi connectivity index (χ0v) is 14.7. The van der Waals surface area contributed by atoms with E-state index < -0.39 is 23.6 Å². The van der Waals surface area contributed by atoms with E-state index in [2.05, 4.69) is 5.32 Å². The lowest BCUT2D eigenvalue weighted by atomic mass is 10.2. The number of hydrogen-bond acceptors (Lipinski definition) is 5. The molecular formula is C16H24N2O4S. The fraction of sp³-hybridized carbons (Fsp3) is 0.500. The molecule has 0 bridgehead atoms. The highest BCUT2D eigenvalue weighted by molar-refractivity contribution is 7.98. The Morgan fingerprint density at radius 1 is 1.26 bits per heavy atom. The van der Waals surface area contributed by atoms with Crippen molar-refractivity contribution in [2.45, 2.75) is 38.2 Å². The van der Waals surface area contributed by atoms with Crippen LogP contribution in [0, 0.1) is 0 Å². The fourth-order valence-electron chi connectivity index (χ4n) is 1.66.